The summed E-state index contributed by atoms with van der Waals surface area (Å²) in [6, 6.07) is 1.62. The summed E-state index contributed by atoms with van der Waals surface area (Å²) in [4.78, 5) is 1.09. The zero-order chi connectivity index (χ0) is 13.3. The molecule has 0 saturated carbocycles. The molecule has 1 heterocycles. The highest BCUT2D eigenvalue weighted by Crippen LogP contribution is 2.28. The van der Waals surface area contributed by atoms with Crippen LogP contribution >= 0.6 is 27.3 Å². The van der Waals surface area contributed by atoms with E-state index in [4.69, 9.17) is 5.84 Å². The molecule has 0 saturated heterocycles. The number of sulfone groups is 1. The standard InChI is InChI=1S/C10H17BrN2O2S2/c1-10(2,17(3,14)15)9(13-12)6-8-7(11)4-5-16-8/h4-5,9,13H,6,12H2,1-3H3. The summed E-state index contributed by atoms with van der Waals surface area (Å²) < 4.78 is 23.6. The first-order valence-electron chi connectivity index (χ1n) is 5.07. The molecule has 0 fully saturated rings. The Morgan fingerprint density at radius 2 is 2.18 bits per heavy atom. The van der Waals surface area contributed by atoms with Crippen molar-refractivity contribution in [1.29, 1.82) is 0 Å². The fourth-order valence-electron chi connectivity index (χ4n) is 1.42. The second-order valence-electron chi connectivity index (χ2n) is 4.49. The van der Waals surface area contributed by atoms with E-state index in [-0.39, 0.29) is 6.04 Å². The van der Waals surface area contributed by atoms with Gasteiger partial charge in [-0.3, -0.25) is 11.3 Å². The third-order valence-electron chi connectivity index (χ3n) is 3.08. The minimum Gasteiger partial charge on any atom is -0.271 e. The third kappa shape index (κ3) is 3.29. The zero-order valence-electron chi connectivity index (χ0n) is 10.0. The maximum atomic E-state index is 11.8. The molecule has 4 nitrogen and oxygen atoms in total. The molecule has 98 valence electrons. The van der Waals surface area contributed by atoms with Crippen molar-refractivity contribution in [1.82, 2.24) is 5.43 Å². The largest absolute Gasteiger partial charge is 0.271 e. The predicted octanol–water partition coefficient (Wildman–Crippen LogP) is 1.71. The minimum absolute atomic E-state index is 0.326. The van der Waals surface area contributed by atoms with Gasteiger partial charge in [0.05, 0.1) is 4.75 Å². The van der Waals surface area contributed by atoms with E-state index in [0.717, 1.165) is 9.35 Å². The molecule has 1 rings (SSSR count). The molecule has 3 N–H and O–H groups in total. The summed E-state index contributed by atoms with van der Waals surface area (Å²) in [5.41, 5.74) is 2.62. The van der Waals surface area contributed by atoms with Crippen molar-refractivity contribution < 1.29 is 8.42 Å². The lowest BCUT2D eigenvalue weighted by Gasteiger charge is -2.32. The van der Waals surface area contributed by atoms with Crippen LogP contribution in [-0.4, -0.2) is 25.5 Å². The average Bonchev–Trinajstić information content (AvgIpc) is 2.58. The Labute approximate surface area is 115 Å². The van der Waals surface area contributed by atoms with E-state index in [1.54, 1.807) is 25.2 Å². The normalized spacial score (nSPS) is 14.9. The predicted molar refractivity (Wildman–Crippen MR) is 75.8 cm³/mol. The fourth-order valence-corrected chi connectivity index (χ4v) is 3.65. The lowest BCUT2D eigenvalue weighted by molar-refractivity contribution is 0.414. The fraction of sp³-hybridized carbons (Fsp3) is 0.600. The van der Waals surface area contributed by atoms with Gasteiger partial charge in [-0.15, -0.1) is 11.3 Å². The van der Waals surface area contributed by atoms with Gasteiger partial charge in [0.15, 0.2) is 9.84 Å². The Kier molecular flexibility index (Phi) is 4.76. The SMILES string of the molecule is CC(C)(C(Cc1sccc1Br)NN)S(C)(=O)=O. The number of hydrazine groups is 1. The summed E-state index contributed by atoms with van der Waals surface area (Å²) in [5, 5.41) is 1.96. The summed E-state index contributed by atoms with van der Waals surface area (Å²) in [7, 11) is -3.18. The van der Waals surface area contributed by atoms with Gasteiger partial charge < -0.3 is 0 Å². The second-order valence-corrected chi connectivity index (χ2v) is 8.94. The van der Waals surface area contributed by atoms with Crippen LogP contribution in [-0.2, 0) is 16.3 Å². The lowest BCUT2D eigenvalue weighted by Crippen LogP contribution is -2.54. The van der Waals surface area contributed by atoms with Gasteiger partial charge in [-0.2, -0.15) is 0 Å². The van der Waals surface area contributed by atoms with Gasteiger partial charge in [-0.05, 0) is 41.2 Å². The molecule has 0 bridgehead atoms. The van der Waals surface area contributed by atoms with Crippen molar-refractivity contribution in [2.24, 2.45) is 5.84 Å². The Hall–Kier alpha value is 0.0500. The molecule has 0 aliphatic rings. The molecule has 0 spiro atoms. The van der Waals surface area contributed by atoms with Crippen molar-refractivity contribution in [3.8, 4) is 0 Å². The van der Waals surface area contributed by atoms with Crippen LogP contribution in [0, 0.1) is 0 Å². The van der Waals surface area contributed by atoms with Gasteiger partial charge in [0.2, 0.25) is 0 Å². The molecule has 7 heteroatoms. The van der Waals surface area contributed by atoms with Crippen molar-refractivity contribution in [2.75, 3.05) is 6.26 Å². The van der Waals surface area contributed by atoms with Crippen molar-refractivity contribution >= 4 is 37.1 Å². The molecule has 0 radical (unpaired) electrons. The van der Waals surface area contributed by atoms with E-state index in [1.807, 2.05) is 11.4 Å². The van der Waals surface area contributed by atoms with Crippen molar-refractivity contribution in [2.45, 2.75) is 31.1 Å². The number of hydrogen-bond acceptors (Lipinski definition) is 5. The molecule has 0 aliphatic heterocycles. The van der Waals surface area contributed by atoms with Gasteiger partial charge in [0.25, 0.3) is 0 Å². The topological polar surface area (TPSA) is 72.2 Å². The van der Waals surface area contributed by atoms with Gasteiger partial charge in [0.1, 0.15) is 0 Å². The zero-order valence-corrected chi connectivity index (χ0v) is 13.2. The third-order valence-corrected chi connectivity index (χ3v) is 7.22. The van der Waals surface area contributed by atoms with E-state index >= 15 is 0 Å². The van der Waals surface area contributed by atoms with Crippen LogP contribution in [0.1, 0.15) is 18.7 Å². The Morgan fingerprint density at radius 3 is 2.53 bits per heavy atom. The van der Waals surface area contributed by atoms with Gasteiger partial charge in [0, 0.05) is 28.1 Å². The van der Waals surface area contributed by atoms with Gasteiger partial charge >= 0.3 is 0 Å². The molecular formula is C10H17BrN2O2S2. The molecule has 0 amide bonds. The summed E-state index contributed by atoms with van der Waals surface area (Å²) in [6.45, 7) is 3.38. The molecule has 17 heavy (non-hydrogen) atoms. The number of nitrogens with one attached hydrogen (secondary N) is 1. The highest BCUT2D eigenvalue weighted by molar-refractivity contribution is 9.10. The van der Waals surface area contributed by atoms with Crippen molar-refractivity contribution in [3.05, 3.63) is 20.8 Å². The van der Waals surface area contributed by atoms with E-state index in [9.17, 15) is 8.42 Å². The first kappa shape index (κ1) is 15.1. The summed E-state index contributed by atoms with van der Waals surface area (Å²) in [5.74, 6) is 5.50. The van der Waals surface area contributed by atoms with E-state index in [1.165, 1.54) is 6.26 Å². The number of hydrogen-bond donors (Lipinski definition) is 2. The summed E-state index contributed by atoms with van der Waals surface area (Å²) >= 11 is 5.02. The van der Waals surface area contributed by atoms with Crippen molar-refractivity contribution in [3.63, 3.8) is 0 Å². The number of nitrogens with two attached hydrogens (primary N) is 1. The molecule has 1 unspecified atom stereocenters. The highest BCUT2D eigenvalue weighted by atomic mass is 79.9. The molecule has 0 aliphatic carbocycles. The van der Waals surface area contributed by atoms with Crippen LogP contribution < -0.4 is 11.3 Å². The van der Waals surface area contributed by atoms with Crippen LogP contribution in [0.4, 0.5) is 0 Å². The van der Waals surface area contributed by atoms with Gasteiger partial charge in [-0.1, -0.05) is 0 Å². The number of thiophene rings is 1. The van der Waals surface area contributed by atoms with E-state index in [2.05, 4.69) is 21.4 Å². The second kappa shape index (κ2) is 5.36. The summed E-state index contributed by atoms with van der Waals surface area (Å²) in [6.07, 6.45) is 1.82. The monoisotopic (exact) mass is 340 g/mol. The van der Waals surface area contributed by atoms with Crippen LogP contribution in [0.2, 0.25) is 0 Å². The van der Waals surface area contributed by atoms with Gasteiger partial charge in [-0.25, -0.2) is 8.42 Å². The molecule has 1 aromatic rings. The Balaban J connectivity index is 2.98. The van der Waals surface area contributed by atoms with E-state index in [0.29, 0.717) is 6.42 Å². The Bertz CT molecular complexity index is 482. The lowest BCUT2D eigenvalue weighted by atomic mass is 10.00. The molecule has 1 aromatic heterocycles. The van der Waals surface area contributed by atoms with Crippen LogP contribution in [0.3, 0.4) is 0 Å². The first-order valence-corrected chi connectivity index (χ1v) is 8.64. The molecule has 1 atom stereocenters. The van der Waals surface area contributed by atoms with Crippen LogP contribution in [0.15, 0.2) is 15.9 Å². The Morgan fingerprint density at radius 1 is 1.59 bits per heavy atom. The van der Waals surface area contributed by atoms with Crippen LogP contribution in [0.25, 0.3) is 0 Å². The quantitative estimate of drug-likeness (QED) is 0.632. The molecule has 0 aromatic carbocycles. The highest BCUT2D eigenvalue weighted by Gasteiger charge is 2.38. The van der Waals surface area contributed by atoms with E-state index < -0.39 is 14.6 Å². The van der Waals surface area contributed by atoms with Crippen LogP contribution in [0.5, 0.6) is 0 Å². The number of halogens is 1. The maximum Gasteiger partial charge on any atom is 0.154 e. The minimum atomic E-state index is -3.18. The molecular weight excluding hydrogens is 324 g/mol. The smallest absolute Gasteiger partial charge is 0.154 e. The number of rotatable bonds is 5. The maximum absolute atomic E-state index is 11.8. The first-order chi connectivity index (χ1) is 7.70. The average molecular weight is 341 g/mol.